The van der Waals surface area contributed by atoms with Gasteiger partial charge in [-0.25, -0.2) is 0 Å². The van der Waals surface area contributed by atoms with Crippen molar-refractivity contribution in [3.05, 3.63) is 33.2 Å². The van der Waals surface area contributed by atoms with Crippen LogP contribution in [0.2, 0.25) is 0 Å². The van der Waals surface area contributed by atoms with E-state index in [-0.39, 0.29) is 18.0 Å². The fourth-order valence-electron chi connectivity index (χ4n) is 2.00. The quantitative estimate of drug-likeness (QED) is 0.850. The summed E-state index contributed by atoms with van der Waals surface area (Å²) in [6.07, 6.45) is 3.87. The van der Waals surface area contributed by atoms with E-state index in [1.165, 1.54) is 10.6 Å². The summed E-state index contributed by atoms with van der Waals surface area (Å²) in [6.45, 7) is 1.71. The predicted molar refractivity (Wildman–Crippen MR) is 72.4 cm³/mol. The number of hydrogen-bond donors (Lipinski definition) is 2. The fourth-order valence-corrected chi connectivity index (χ4v) is 2.38. The molecule has 1 unspecified atom stereocenters. The molecule has 2 rings (SSSR count). The van der Waals surface area contributed by atoms with Gasteiger partial charge in [-0.15, -0.1) is 0 Å². The molecule has 1 aromatic rings. The standard InChI is InChI=1S/C12H16BrN3O2/c13-9-3-4-12(18)16(7-9)8-11(17)15-6-10-2-1-5-14-10/h3-4,7,10,14H,1-2,5-6,8H2,(H,15,17). The van der Waals surface area contributed by atoms with Crippen LogP contribution in [-0.2, 0) is 11.3 Å². The summed E-state index contributed by atoms with van der Waals surface area (Å²) >= 11 is 3.28. The van der Waals surface area contributed by atoms with Gasteiger partial charge in [-0.1, -0.05) is 0 Å². The Labute approximate surface area is 114 Å². The smallest absolute Gasteiger partial charge is 0.251 e. The first kappa shape index (κ1) is 13.3. The van der Waals surface area contributed by atoms with Gasteiger partial charge in [-0.05, 0) is 41.4 Å². The molecule has 0 bridgehead atoms. The minimum Gasteiger partial charge on any atom is -0.353 e. The highest BCUT2D eigenvalue weighted by atomic mass is 79.9. The Balaban J connectivity index is 1.86. The van der Waals surface area contributed by atoms with Crippen LogP contribution in [0.5, 0.6) is 0 Å². The van der Waals surface area contributed by atoms with Crippen molar-refractivity contribution in [3.63, 3.8) is 0 Å². The van der Waals surface area contributed by atoms with Crippen LogP contribution in [0.3, 0.4) is 0 Å². The van der Waals surface area contributed by atoms with E-state index >= 15 is 0 Å². The van der Waals surface area contributed by atoms with Gasteiger partial charge >= 0.3 is 0 Å². The number of rotatable bonds is 4. The number of aromatic nitrogens is 1. The molecule has 1 atom stereocenters. The first-order chi connectivity index (χ1) is 8.65. The average molecular weight is 314 g/mol. The molecule has 18 heavy (non-hydrogen) atoms. The van der Waals surface area contributed by atoms with Crippen LogP contribution in [0, 0.1) is 0 Å². The Bertz CT molecular complexity index is 480. The second-order valence-corrected chi connectivity index (χ2v) is 5.33. The number of hydrogen-bond acceptors (Lipinski definition) is 3. The van der Waals surface area contributed by atoms with Crippen LogP contribution in [0.25, 0.3) is 0 Å². The molecular formula is C12H16BrN3O2. The average Bonchev–Trinajstić information content (AvgIpc) is 2.84. The van der Waals surface area contributed by atoms with Gasteiger partial charge in [0.1, 0.15) is 6.54 Å². The van der Waals surface area contributed by atoms with Gasteiger partial charge in [0.25, 0.3) is 5.56 Å². The van der Waals surface area contributed by atoms with Crippen LogP contribution >= 0.6 is 15.9 Å². The van der Waals surface area contributed by atoms with Crippen LogP contribution in [0.1, 0.15) is 12.8 Å². The Hall–Kier alpha value is -1.14. The summed E-state index contributed by atoms with van der Waals surface area (Å²) in [4.78, 5) is 23.2. The van der Waals surface area contributed by atoms with E-state index < -0.39 is 0 Å². The van der Waals surface area contributed by atoms with Gasteiger partial charge in [0.05, 0.1) is 0 Å². The van der Waals surface area contributed by atoms with E-state index in [1.54, 1.807) is 12.3 Å². The normalized spacial score (nSPS) is 18.8. The maximum atomic E-state index is 11.7. The third-order valence-corrected chi connectivity index (χ3v) is 3.44. The van der Waals surface area contributed by atoms with Crippen LogP contribution in [0.15, 0.2) is 27.6 Å². The number of carbonyl (C=O) groups excluding carboxylic acids is 1. The third-order valence-electron chi connectivity index (χ3n) is 2.97. The molecule has 2 N–H and O–H groups in total. The molecule has 0 aliphatic carbocycles. The van der Waals surface area contributed by atoms with Crippen LogP contribution < -0.4 is 16.2 Å². The molecule has 1 saturated heterocycles. The summed E-state index contributed by atoms with van der Waals surface area (Å²) in [5.74, 6) is -0.135. The lowest BCUT2D eigenvalue weighted by atomic mass is 10.2. The van der Waals surface area contributed by atoms with Gasteiger partial charge < -0.3 is 15.2 Å². The fraction of sp³-hybridized carbons (Fsp3) is 0.500. The zero-order valence-electron chi connectivity index (χ0n) is 9.99. The summed E-state index contributed by atoms with van der Waals surface area (Å²) in [5, 5.41) is 6.15. The zero-order chi connectivity index (χ0) is 13.0. The number of nitrogens with one attached hydrogen (secondary N) is 2. The maximum Gasteiger partial charge on any atom is 0.251 e. The van der Waals surface area contributed by atoms with E-state index in [9.17, 15) is 9.59 Å². The van der Waals surface area contributed by atoms with E-state index in [1.807, 2.05) is 0 Å². The first-order valence-electron chi connectivity index (χ1n) is 6.01. The molecule has 1 aromatic heterocycles. The zero-order valence-corrected chi connectivity index (χ0v) is 11.6. The summed E-state index contributed by atoms with van der Waals surface area (Å²) in [7, 11) is 0. The minimum atomic E-state index is -0.174. The number of nitrogens with zero attached hydrogens (tertiary/aromatic N) is 1. The van der Waals surface area contributed by atoms with Gasteiger partial charge in [0, 0.05) is 29.3 Å². The molecule has 0 aromatic carbocycles. The molecule has 0 saturated carbocycles. The molecular weight excluding hydrogens is 298 g/mol. The Kier molecular flexibility index (Phi) is 4.54. The highest BCUT2D eigenvalue weighted by Crippen LogP contribution is 2.05. The molecule has 5 nitrogen and oxygen atoms in total. The molecule has 0 radical (unpaired) electrons. The van der Waals surface area contributed by atoms with Gasteiger partial charge in [0.15, 0.2) is 0 Å². The number of halogens is 1. The van der Waals surface area contributed by atoms with Crippen molar-refractivity contribution >= 4 is 21.8 Å². The lowest BCUT2D eigenvalue weighted by Gasteiger charge is -2.12. The molecule has 1 fully saturated rings. The van der Waals surface area contributed by atoms with E-state index in [4.69, 9.17) is 0 Å². The molecule has 0 spiro atoms. The molecule has 1 aliphatic heterocycles. The predicted octanol–water partition coefficient (Wildman–Crippen LogP) is 0.479. The summed E-state index contributed by atoms with van der Waals surface area (Å²) in [5.41, 5.74) is -0.174. The lowest BCUT2D eigenvalue weighted by Crippen LogP contribution is -2.39. The second kappa shape index (κ2) is 6.15. The van der Waals surface area contributed by atoms with Crippen molar-refractivity contribution in [1.82, 2.24) is 15.2 Å². The molecule has 1 amide bonds. The van der Waals surface area contributed by atoms with Crippen molar-refractivity contribution in [3.8, 4) is 0 Å². The second-order valence-electron chi connectivity index (χ2n) is 4.41. The third kappa shape index (κ3) is 3.68. The summed E-state index contributed by atoms with van der Waals surface area (Å²) in [6, 6.07) is 3.47. The first-order valence-corrected chi connectivity index (χ1v) is 6.80. The number of carbonyl (C=O) groups is 1. The highest BCUT2D eigenvalue weighted by molar-refractivity contribution is 9.10. The molecule has 6 heteroatoms. The molecule has 2 heterocycles. The SMILES string of the molecule is O=C(Cn1cc(Br)ccc1=O)NCC1CCCN1. The van der Waals surface area contributed by atoms with Gasteiger partial charge in [0.2, 0.25) is 5.91 Å². The van der Waals surface area contributed by atoms with E-state index in [0.717, 1.165) is 23.9 Å². The van der Waals surface area contributed by atoms with Crippen molar-refractivity contribution in [2.45, 2.75) is 25.4 Å². The highest BCUT2D eigenvalue weighted by Gasteiger charge is 2.14. The van der Waals surface area contributed by atoms with Crippen molar-refractivity contribution in [2.75, 3.05) is 13.1 Å². The van der Waals surface area contributed by atoms with Crippen LogP contribution in [-0.4, -0.2) is 29.6 Å². The van der Waals surface area contributed by atoms with Crippen molar-refractivity contribution in [1.29, 1.82) is 0 Å². The van der Waals surface area contributed by atoms with Crippen molar-refractivity contribution in [2.24, 2.45) is 0 Å². The maximum absolute atomic E-state index is 11.7. The van der Waals surface area contributed by atoms with Gasteiger partial charge in [-0.2, -0.15) is 0 Å². The topological polar surface area (TPSA) is 63.1 Å². The van der Waals surface area contributed by atoms with Crippen molar-refractivity contribution < 1.29 is 4.79 Å². The Morgan fingerprint density at radius 1 is 1.56 bits per heavy atom. The van der Waals surface area contributed by atoms with Crippen LogP contribution in [0.4, 0.5) is 0 Å². The number of pyridine rings is 1. The van der Waals surface area contributed by atoms with E-state index in [2.05, 4.69) is 26.6 Å². The lowest BCUT2D eigenvalue weighted by molar-refractivity contribution is -0.121. The Morgan fingerprint density at radius 3 is 3.11 bits per heavy atom. The Morgan fingerprint density at radius 2 is 2.39 bits per heavy atom. The summed E-state index contributed by atoms with van der Waals surface area (Å²) < 4.78 is 2.17. The largest absolute Gasteiger partial charge is 0.353 e. The van der Waals surface area contributed by atoms with E-state index in [0.29, 0.717) is 12.6 Å². The number of amides is 1. The monoisotopic (exact) mass is 313 g/mol. The van der Waals surface area contributed by atoms with Gasteiger partial charge in [-0.3, -0.25) is 9.59 Å². The molecule has 1 aliphatic rings. The molecule has 98 valence electrons. The minimum absolute atomic E-state index is 0.0605.